The minimum Gasteiger partial charge on any atom is -0.444 e. The molecule has 2 amide bonds. The summed E-state index contributed by atoms with van der Waals surface area (Å²) in [5.41, 5.74) is 8.25. The summed E-state index contributed by atoms with van der Waals surface area (Å²) in [6.45, 7) is 10.1. The number of nitrogen functional groups attached to an aromatic ring is 1. The van der Waals surface area contributed by atoms with Crippen molar-refractivity contribution in [2.75, 3.05) is 48.7 Å². The van der Waals surface area contributed by atoms with E-state index in [2.05, 4.69) is 20.2 Å². The van der Waals surface area contributed by atoms with Gasteiger partial charge in [0, 0.05) is 73.7 Å². The van der Waals surface area contributed by atoms with Gasteiger partial charge in [0.25, 0.3) is 5.91 Å². The molecular formula is C28H33FN6O3. The molecule has 10 heteroatoms. The first kappa shape index (κ1) is 26.8. The van der Waals surface area contributed by atoms with E-state index >= 15 is 0 Å². The van der Waals surface area contributed by atoms with Gasteiger partial charge in [-0.25, -0.2) is 9.18 Å². The summed E-state index contributed by atoms with van der Waals surface area (Å²) in [4.78, 5) is 37.8. The van der Waals surface area contributed by atoms with Crippen LogP contribution in [0.4, 0.5) is 26.2 Å². The molecule has 0 bridgehead atoms. The van der Waals surface area contributed by atoms with Crippen LogP contribution in [0.2, 0.25) is 0 Å². The molecule has 0 unspecified atom stereocenters. The van der Waals surface area contributed by atoms with Crippen LogP contribution in [-0.2, 0) is 4.74 Å². The standard InChI is InChI=1S/C28H33FN6O3/c1-5-31-17-22-24(34-10-12-35(13-11-34)27(37)38-28(2,3)4)7-6-20(25(22)30)26(36)33-19-14-18-8-9-32-16-21(18)23(29)15-19/h6-9,14-17H,5,10-13,30H2,1-4H3,(H,33,36). The van der Waals surface area contributed by atoms with Crippen molar-refractivity contribution in [1.29, 1.82) is 0 Å². The third kappa shape index (κ3) is 6.01. The van der Waals surface area contributed by atoms with Crippen LogP contribution in [0.15, 0.2) is 47.7 Å². The largest absolute Gasteiger partial charge is 0.444 e. The second kappa shape index (κ2) is 11.0. The lowest BCUT2D eigenvalue weighted by Gasteiger charge is -2.37. The van der Waals surface area contributed by atoms with E-state index in [0.29, 0.717) is 54.7 Å². The van der Waals surface area contributed by atoms with E-state index in [9.17, 15) is 14.0 Å². The molecule has 200 valence electrons. The lowest BCUT2D eigenvalue weighted by Crippen LogP contribution is -2.50. The number of ether oxygens (including phenoxy) is 1. The molecule has 1 aliphatic rings. The van der Waals surface area contributed by atoms with Crippen LogP contribution in [0.25, 0.3) is 10.8 Å². The highest BCUT2D eigenvalue weighted by Crippen LogP contribution is 2.30. The Labute approximate surface area is 221 Å². The minimum atomic E-state index is -0.557. The number of nitrogens with zero attached hydrogens (tertiary/aromatic N) is 4. The maximum absolute atomic E-state index is 14.5. The van der Waals surface area contributed by atoms with Crippen molar-refractivity contribution in [3.05, 3.63) is 59.7 Å². The second-order valence-corrected chi connectivity index (χ2v) is 10.1. The summed E-state index contributed by atoms with van der Waals surface area (Å²) in [5.74, 6) is -0.932. The number of aromatic nitrogens is 1. The van der Waals surface area contributed by atoms with Crippen LogP contribution in [0.5, 0.6) is 0 Å². The first-order chi connectivity index (χ1) is 18.1. The molecule has 0 saturated carbocycles. The number of aliphatic imine (C=N–C) groups is 1. The molecule has 1 fully saturated rings. The summed E-state index contributed by atoms with van der Waals surface area (Å²) in [6, 6.07) is 8.12. The molecule has 0 spiro atoms. The number of piperazine rings is 1. The van der Waals surface area contributed by atoms with Crippen molar-refractivity contribution in [2.24, 2.45) is 4.99 Å². The quantitative estimate of drug-likeness (QED) is 0.372. The molecule has 38 heavy (non-hydrogen) atoms. The van der Waals surface area contributed by atoms with Crippen molar-refractivity contribution < 1.29 is 18.7 Å². The fourth-order valence-electron chi connectivity index (χ4n) is 4.30. The number of anilines is 3. The SMILES string of the molecule is CCN=Cc1c(N2CCN(C(=O)OC(C)(C)C)CC2)ccc(C(=O)Nc2cc(F)c3cnccc3c2)c1N. The zero-order chi connectivity index (χ0) is 27.4. The Balaban J connectivity index is 1.56. The number of carbonyl (C=O) groups excluding carboxylic acids is 2. The van der Waals surface area contributed by atoms with Crippen LogP contribution < -0.4 is 16.0 Å². The number of benzene rings is 2. The Bertz CT molecular complexity index is 1380. The van der Waals surface area contributed by atoms with Crippen LogP contribution in [0.1, 0.15) is 43.6 Å². The van der Waals surface area contributed by atoms with Crippen LogP contribution in [0, 0.1) is 5.82 Å². The molecule has 0 radical (unpaired) electrons. The zero-order valence-corrected chi connectivity index (χ0v) is 22.1. The van der Waals surface area contributed by atoms with Crippen LogP contribution in [0.3, 0.4) is 0 Å². The molecular weight excluding hydrogens is 487 g/mol. The number of hydrogen-bond donors (Lipinski definition) is 2. The molecule has 1 aromatic heterocycles. The zero-order valence-electron chi connectivity index (χ0n) is 22.1. The Kier molecular flexibility index (Phi) is 7.80. The fourth-order valence-corrected chi connectivity index (χ4v) is 4.30. The number of pyridine rings is 1. The first-order valence-corrected chi connectivity index (χ1v) is 12.6. The first-order valence-electron chi connectivity index (χ1n) is 12.6. The van der Waals surface area contributed by atoms with Gasteiger partial charge in [-0.2, -0.15) is 0 Å². The smallest absolute Gasteiger partial charge is 0.410 e. The Morgan fingerprint density at radius 1 is 1.18 bits per heavy atom. The van der Waals surface area contributed by atoms with Gasteiger partial charge >= 0.3 is 6.09 Å². The normalized spacial score (nSPS) is 14.2. The van der Waals surface area contributed by atoms with E-state index in [1.165, 1.54) is 12.3 Å². The second-order valence-electron chi connectivity index (χ2n) is 10.1. The third-order valence-corrected chi connectivity index (χ3v) is 6.15. The van der Waals surface area contributed by atoms with Crippen molar-refractivity contribution in [1.82, 2.24) is 9.88 Å². The van der Waals surface area contributed by atoms with Crippen LogP contribution >= 0.6 is 0 Å². The predicted molar refractivity (Wildman–Crippen MR) is 149 cm³/mol. The summed E-state index contributed by atoms with van der Waals surface area (Å²) in [7, 11) is 0. The van der Waals surface area contributed by atoms with Gasteiger partial charge in [0.1, 0.15) is 11.4 Å². The number of halogens is 1. The third-order valence-electron chi connectivity index (χ3n) is 6.15. The van der Waals surface area contributed by atoms with Crippen molar-refractivity contribution in [3.63, 3.8) is 0 Å². The lowest BCUT2D eigenvalue weighted by atomic mass is 10.0. The summed E-state index contributed by atoms with van der Waals surface area (Å²) in [5, 5.41) is 3.75. The average molecular weight is 521 g/mol. The van der Waals surface area contributed by atoms with Crippen molar-refractivity contribution in [2.45, 2.75) is 33.3 Å². The highest BCUT2D eigenvalue weighted by molar-refractivity contribution is 6.12. The maximum Gasteiger partial charge on any atom is 0.410 e. The highest BCUT2D eigenvalue weighted by Gasteiger charge is 2.27. The van der Waals surface area contributed by atoms with Crippen LogP contribution in [-0.4, -0.2) is 66.4 Å². The molecule has 3 aromatic rings. The van der Waals surface area contributed by atoms with Gasteiger partial charge < -0.3 is 25.6 Å². The molecule has 0 aliphatic carbocycles. The number of nitrogens with one attached hydrogen (secondary N) is 1. The van der Waals surface area contributed by atoms with Gasteiger partial charge in [-0.05, 0) is 63.4 Å². The van der Waals surface area contributed by atoms with Crippen molar-refractivity contribution >= 4 is 46.0 Å². The summed E-state index contributed by atoms with van der Waals surface area (Å²) < 4.78 is 20.0. The topological polar surface area (TPSA) is 113 Å². The molecule has 2 heterocycles. The molecule has 0 atom stereocenters. The van der Waals surface area contributed by atoms with Gasteiger partial charge in [-0.1, -0.05) is 0 Å². The molecule has 9 nitrogen and oxygen atoms in total. The Morgan fingerprint density at radius 2 is 1.92 bits per heavy atom. The molecule has 2 aromatic carbocycles. The van der Waals surface area contributed by atoms with Gasteiger partial charge in [-0.3, -0.25) is 14.8 Å². The van der Waals surface area contributed by atoms with E-state index in [0.717, 1.165) is 5.69 Å². The van der Waals surface area contributed by atoms with Crippen molar-refractivity contribution in [3.8, 4) is 0 Å². The highest BCUT2D eigenvalue weighted by atomic mass is 19.1. The predicted octanol–water partition coefficient (Wildman–Crippen LogP) is 4.70. The molecule has 1 aliphatic heterocycles. The Hall–Kier alpha value is -4.21. The van der Waals surface area contributed by atoms with Gasteiger partial charge in [0.2, 0.25) is 0 Å². The number of carbonyl (C=O) groups is 2. The van der Waals surface area contributed by atoms with Gasteiger partial charge in [-0.15, -0.1) is 0 Å². The lowest BCUT2D eigenvalue weighted by molar-refractivity contribution is 0.0240. The molecule has 1 saturated heterocycles. The average Bonchev–Trinajstić information content (AvgIpc) is 2.87. The van der Waals surface area contributed by atoms with E-state index in [4.69, 9.17) is 10.5 Å². The molecule has 3 N–H and O–H groups in total. The minimum absolute atomic E-state index is 0.258. The number of amides is 2. The number of nitrogens with two attached hydrogens (primary N) is 1. The number of hydrogen-bond acceptors (Lipinski definition) is 7. The maximum atomic E-state index is 14.5. The van der Waals surface area contributed by atoms with E-state index in [-0.39, 0.29) is 17.3 Å². The molecule has 4 rings (SSSR count). The summed E-state index contributed by atoms with van der Waals surface area (Å²) >= 11 is 0. The van der Waals surface area contributed by atoms with Gasteiger partial charge in [0.15, 0.2) is 0 Å². The fraction of sp³-hybridized carbons (Fsp3) is 0.357. The van der Waals surface area contributed by atoms with E-state index in [1.54, 1.807) is 35.5 Å². The number of rotatable bonds is 5. The van der Waals surface area contributed by atoms with Gasteiger partial charge in [0.05, 0.1) is 11.3 Å². The summed E-state index contributed by atoms with van der Waals surface area (Å²) in [6.07, 6.45) is 4.35. The Morgan fingerprint density at radius 3 is 2.61 bits per heavy atom. The number of fused-ring (bicyclic) bond motifs is 1. The van der Waals surface area contributed by atoms with E-state index < -0.39 is 17.3 Å². The monoisotopic (exact) mass is 520 g/mol. The van der Waals surface area contributed by atoms with E-state index in [1.807, 2.05) is 33.8 Å².